The van der Waals surface area contributed by atoms with Gasteiger partial charge in [0.05, 0.1) is 5.56 Å². The summed E-state index contributed by atoms with van der Waals surface area (Å²) >= 11 is 0. The van der Waals surface area contributed by atoms with Gasteiger partial charge < -0.3 is 4.90 Å². The number of rotatable bonds is 2. The molecule has 120 valence electrons. The van der Waals surface area contributed by atoms with Gasteiger partial charge in [0.25, 0.3) is 0 Å². The van der Waals surface area contributed by atoms with Crippen molar-refractivity contribution in [3.8, 4) is 0 Å². The summed E-state index contributed by atoms with van der Waals surface area (Å²) in [5.41, 5.74) is 3.69. The van der Waals surface area contributed by atoms with Gasteiger partial charge >= 0.3 is 0 Å². The third kappa shape index (κ3) is 2.12. The van der Waals surface area contributed by atoms with E-state index >= 15 is 0 Å². The van der Waals surface area contributed by atoms with Crippen LogP contribution in [0.1, 0.15) is 56.7 Å². The molecular formula is C21H19NO2. The minimum absolute atomic E-state index is 0.0514. The lowest BCUT2D eigenvalue weighted by molar-refractivity contribution is 0.0979. The molecule has 1 aliphatic heterocycles. The van der Waals surface area contributed by atoms with Crippen molar-refractivity contribution in [2.24, 2.45) is 0 Å². The summed E-state index contributed by atoms with van der Waals surface area (Å²) in [6.45, 7) is 5.69. The lowest BCUT2D eigenvalue weighted by atomic mass is 9.80. The summed E-state index contributed by atoms with van der Waals surface area (Å²) in [4.78, 5) is 28.5. The van der Waals surface area contributed by atoms with E-state index in [0.717, 1.165) is 37.2 Å². The monoisotopic (exact) mass is 317 g/mol. The van der Waals surface area contributed by atoms with Crippen LogP contribution in [0.3, 0.4) is 0 Å². The van der Waals surface area contributed by atoms with Gasteiger partial charge in [-0.2, -0.15) is 0 Å². The number of benzene rings is 2. The molecule has 0 radical (unpaired) electrons. The standard InChI is InChI=1S/C21H19NO2/c1-2-14-10-11-17(22-12-6-3-7-13-22)19-18(14)20(23)15-8-4-5-9-16(15)21(19)24/h2,4-5,8-11H,1,3,6-7,12-13H2. The fraction of sp³-hybridized carbons (Fsp3) is 0.238. The third-order valence-corrected chi connectivity index (χ3v) is 5.00. The second-order valence-corrected chi connectivity index (χ2v) is 6.38. The number of piperidine rings is 1. The number of hydrogen-bond donors (Lipinski definition) is 0. The van der Waals surface area contributed by atoms with Crippen LogP contribution in [0.4, 0.5) is 5.69 Å². The van der Waals surface area contributed by atoms with Crippen molar-refractivity contribution in [3.05, 3.63) is 70.8 Å². The van der Waals surface area contributed by atoms with E-state index in [4.69, 9.17) is 0 Å². The highest BCUT2D eigenvalue weighted by Gasteiger charge is 2.34. The lowest BCUT2D eigenvalue weighted by Crippen LogP contribution is -2.33. The molecule has 0 bridgehead atoms. The molecule has 1 aliphatic carbocycles. The molecule has 2 aromatic carbocycles. The highest BCUT2D eigenvalue weighted by molar-refractivity contribution is 6.31. The Balaban J connectivity index is 1.97. The summed E-state index contributed by atoms with van der Waals surface area (Å²) in [5, 5.41) is 0. The smallest absolute Gasteiger partial charge is 0.196 e. The molecule has 0 aromatic heterocycles. The van der Waals surface area contributed by atoms with Gasteiger partial charge in [-0.15, -0.1) is 0 Å². The molecule has 0 unspecified atom stereocenters. The van der Waals surface area contributed by atoms with E-state index in [0.29, 0.717) is 22.3 Å². The fourth-order valence-corrected chi connectivity index (χ4v) is 3.80. The van der Waals surface area contributed by atoms with Crippen LogP contribution in [-0.2, 0) is 0 Å². The van der Waals surface area contributed by atoms with Gasteiger partial charge in [0.2, 0.25) is 0 Å². The first-order valence-electron chi connectivity index (χ1n) is 8.45. The van der Waals surface area contributed by atoms with E-state index in [2.05, 4.69) is 11.5 Å². The topological polar surface area (TPSA) is 37.4 Å². The zero-order chi connectivity index (χ0) is 16.7. The van der Waals surface area contributed by atoms with E-state index in [9.17, 15) is 9.59 Å². The normalized spacial score (nSPS) is 16.6. The maximum atomic E-state index is 13.2. The second-order valence-electron chi connectivity index (χ2n) is 6.38. The van der Waals surface area contributed by atoms with Crippen LogP contribution >= 0.6 is 0 Å². The predicted molar refractivity (Wildman–Crippen MR) is 95.9 cm³/mol. The molecule has 24 heavy (non-hydrogen) atoms. The minimum atomic E-state index is -0.0750. The predicted octanol–water partition coefficient (Wildman–Crippen LogP) is 4.10. The molecule has 2 aromatic rings. The van der Waals surface area contributed by atoms with Crippen LogP contribution in [0.15, 0.2) is 43.0 Å². The van der Waals surface area contributed by atoms with Crippen molar-refractivity contribution in [1.82, 2.24) is 0 Å². The van der Waals surface area contributed by atoms with Gasteiger partial charge in [0.1, 0.15) is 0 Å². The van der Waals surface area contributed by atoms with E-state index in [1.165, 1.54) is 6.42 Å². The Labute approximate surface area is 141 Å². The van der Waals surface area contributed by atoms with Crippen molar-refractivity contribution in [2.75, 3.05) is 18.0 Å². The average Bonchev–Trinajstić information content (AvgIpc) is 2.65. The molecule has 1 saturated heterocycles. The highest BCUT2D eigenvalue weighted by atomic mass is 16.1. The Bertz CT molecular complexity index is 860. The number of carbonyl (C=O) groups is 2. The van der Waals surface area contributed by atoms with Gasteiger partial charge in [0, 0.05) is 35.5 Å². The number of anilines is 1. The number of ketones is 2. The number of hydrogen-bond acceptors (Lipinski definition) is 3. The van der Waals surface area contributed by atoms with E-state index < -0.39 is 0 Å². The first kappa shape index (κ1) is 14.9. The first-order valence-corrected chi connectivity index (χ1v) is 8.45. The number of fused-ring (bicyclic) bond motifs is 2. The van der Waals surface area contributed by atoms with Crippen LogP contribution in [0.25, 0.3) is 6.08 Å². The molecule has 4 rings (SSSR count). The average molecular weight is 317 g/mol. The molecule has 2 aliphatic rings. The van der Waals surface area contributed by atoms with Gasteiger partial charge in [-0.25, -0.2) is 0 Å². The van der Waals surface area contributed by atoms with Crippen molar-refractivity contribution < 1.29 is 9.59 Å². The summed E-state index contributed by atoms with van der Waals surface area (Å²) < 4.78 is 0. The summed E-state index contributed by atoms with van der Waals surface area (Å²) in [5.74, 6) is -0.126. The molecule has 3 heteroatoms. The van der Waals surface area contributed by atoms with E-state index in [1.54, 1.807) is 24.3 Å². The number of carbonyl (C=O) groups excluding carboxylic acids is 2. The van der Waals surface area contributed by atoms with E-state index in [1.807, 2.05) is 18.2 Å². The first-order chi connectivity index (χ1) is 11.7. The fourth-order valence-electron chi connectivity index (χ4n) is 3.80. The second kappa shape index (κ2) is 5.75. The van der Waals surface area contributed by atoms with E-state index in [-0.39, 0.29) is 11.6 Å². The number of nitrogens with zero attached hydrogens (tertiary/aromatic N) is 1. The Morgan fingerprint density at radius 2 is 1.46 bits per heavy atom. The molecule has 3 nitrogen and oxygen atoms in total. The molecule has 0 amide bonds. The SMILES string of the molecule is C=Cc1ccc(N2CCCCC2)c2c1C(=O)c1ccccc1C2=O. The van der Waals surface area contributed by atoms with Crippen LogP contribution in [0, 0.1) is 0 Å². The van der Waals surface area contributed by atoms with Gasteiger partial charge in [-0.1, -0.05) is 43.0 Å². The molecule has 0 atom stereocenters. The zero-order valence-electron chi connectivity index (χ0n) is 13.5. The van der Waals surface area contributed by atoms with Crippen LogP contribution in [0.2, 0.25) is 0 Å². The highest BCUT2D eigenvalue weighted by Crippen LogP contribution is 2.37. The van der Waals surface area contributed by atoms with Crippen molar-refractivity contribution >= 4 is 23.3 Å². The van der Waals surface area contributed by atoms with Crippen molar-refractivity contribution in [3.63, 3.8) is 0 Å². The Hall–Kier alpha value is -2.68. The van der Waals surface area contributed by atoms with Gasteiger partial charge in [0.15, 0.2) is 11.6 Å². The maximum absolute atomic E-state index is 13.2. The third-order valence-electron chi connectivity index (χ3n) is 5.00. The maximum Gasteiger partial charge on any atom is 0.196 e. The molecule has 0 saturated carbocycles. The minimum Gasteiger partial charge on any atom is -0.371 e. The van der Waals surface area contributed by atoms with Crippen LogP contribution in [-0.4, -0.2) is 24.7 Å². The Morgan fingerprint density at radius 3 is 2.08 bits per heavy atom. The van der Waals surface area contributed by atoms with Gasteiger partial charge in [-0.3, -0.25) is 9.59 Å². The van der Waals surface area contributed by atoms with Crippen molar-refractivity contribution in [2.45, 2.75) is 19.3 Å². The molecule has 0 spiro atoms. The summed E-state index contributed by atoms with van der Waals surface area (Å²) in [7, 11) is 0. The summed E-state index contributed by atoms with van der Waals surface area (Å²) in [6, 6.07) is 11.0. The zero-order valence-corrected chi connectivity index (χ0v) is 13.5. The molecular weight excluding hydrogens is 298 g/mol. The quantitative estimate of drug-likeness (QED) is 0.714. The van der Waals surface area contributed by atoms with Crippen LogP contribution < -0.4 is 4.90 Å². The molecule has 1 heterocycles. The Kier molecular flexibility index (Phi) is 3.57. The molecule has 0 N–H and O–H groups in total. The van der Waals surface area contributed by atoms with Crippen LogP contribution in [0.5, 0.6) is 0 Å². The van der Waals surface area contributed by atoms with Crippen molar-refractivity contribution in [1.29, 1.82) is 0 Å². The molecule has 1 fully saturated rings. The Morgan fingerprint density at radius 1 is 0.833 bits per heavy atom. The lowest BCUT2D eigenvalue weighted by Gasteiger charge is -2.32. The summed E-state index contributed by atoms with van der Waals surface area (Å²) in [6.07, 6.45) is 5.13. The van der Waals surface area contributed by atoms with Gasteiger partial charge in [-0.05, 0) is 30.9 Å². The largest absolute Gasteiger partial charge is 0.371 e.